The van der Waals surface area contributed by atoms with Crippen LogP contribution in [0, 0.1) is 19.8 Å². The predicted octanol–water partition coefficient (Wildman–Crippen LogP) is 1.63. The molecule has 24 heavy (non-hydrogen) atoms. The second kappa shape index (κ2) is 6.98. The average Bonchev–Trinajstić information content (AvgIpc) is 2.94. The number of hydrogen-bond donors (Lipinski definition) is 1. The molecule has 0 bridgehead atoms. The van der Waals surface area contributed by atoms with Crippen LogP contribution in [0.15, 0.2) is 18.2 Å². The number of rotatable bonds is 4. The Balaban J connectivity index is 1.73. The number of carbonyl (C=O) groups excluding carboxylic acids is 1. The van der Waals surface area contributed by atoms with E-state index in [-0.39, 0.29) is 11.8 Å². The van der Waals surface area contributed by atoms with E-state index in [1.807, 2.05) is 39.0 Å². The predicted molar refractivity (Wildman–Crippen MR) is 92.2 cm³/mol. The van der Waals surface area contributed by atoms with Crippen molar-refractivity contribution < 1.29 is 4.79 Å². The number of amides is 1. The van der Waals surface area contributed by atoms with Gasteiger partial charge in [-0.05, 0) is 51.8 Å². The summed E-state index contributed by atoms with van der Waals surface area (Å²) < 4.78 is 1.79. The molecular weight excluding hydrogens is 304 g/mol. The lowest BCUT2D eigenvalue weighted by molar-refractivity contribution is -0.125. The second-order valence-corrected chi connectivity index (χ2v) is 6.27. The third-order valence-electron chi connectivity index (χ3n) is 4.33. The van der Waals surface area contributed by atoms with Crippen LogP contribution in [0.25, 0.3) is 5.82 Å². The van der Waals surface area contributed by atoms with Crippen molar-refractivity contribution in [3.8, 4) is 5.82 Å². The highest BCUT2D eigenvalue weighted by Crippen LogP contribution is 2.22. The molecule has 3 heterocycles. The summed E-state index contributed by atoms with van der Waals surface area (Å²) in [7, 11) is 0. The molecule has 1 atom stereocenters. The van der Waals surface area contributed by atoms with Gasteiger partial charge in [-0.1, -0.05) is 0 Å². The Morgan fingerprint density at radius 2 is 2.04 bits per heavy atom. The van der Waals surface area contributed by atoms with Gasteiger partial charge in [0.15, 0.2) is 11.6 Å². The first-order valence-corrected chi connectivity index (χ1v) is 8.48. The lowest BCUT2D eigenvalue weighted by atomic mass is 9.97. The lowest BCUT2D eigenvalue weighted by Gasteiger charge is -2.32. The van der Waals surface area contributed by atoms with Crippen LogP contribution in [-0.2, 0) is 4.79 Å². The third kappa shape index (κ3) is 3.39. The number of aromatic nitrogens is 4. The minimum Gasteiger partial charge on any atom is -0.356 e. The number of piperidine rings is 1. The molecule has 128 valence electrons. The van der Waals surface area contributed by atoms with Crippen molar-refractivity contribution in [2.45, 2.75) is 33.6 Å². The number of nitrogens with one attached hydrogen (secondary N) is 1. The molecule has 1 fully saturated rings. The molecule has 7 heteroatoms. The van der Waals surface area contributed by atoms with Gasteiger partial charge in [-0.3, -0.25) is 4.79 Å². The van der Waals surface area contributed by atoms with E-state index in [1.165, 1.54) is 0 Å². The summed E-state index contributed by atoms with van der Waals surface area (Å²) in [6.07, 6.45) is 1.92. The molecule has 0 unspecified atom stereocenters. The summed E-state index contributed by atoms with van der Waals surface area (Å²) in [6.45, 7) is 8.18. The van der Waals surface area contributed by atoms with Crippen molar-refractivity contribution in [3.63, 3.8) is 0 Å². The van der Waals surface area contributed by atoms with E-state index >= 15 is 0 Å². The zero-order valence-electron chi connectivity index (χ0n) is 14.5. The van der Waals surface area contributed by atoms with E-state index in [0.717, 1.165) is 36.6 Å². The van der Waals surface area contributed by atoms with Gasteiger partial charge in [-0.2, -0.15) is 5.10 Å². The summed E-state index contributed by atoms with van der Waals surface area (Å²) >= 11 is 0. The first-order valence-electron chi connectivity index (χ1n) is 8.48. The lowest BCUT2D eigenvalue weighted by Crippen LogP contribution is -2.43. The fraction of sp³-hybridized carbons (Fsp3) is 0.529. The molecule has 0 radical (unpaired) electrons. The van der Waals surface area contributed by atoms with Gasteiger partial charge in [0.05, 0.1) is 11.6 Å². The number of nitrogens with zero attached hydrogens (tertiary/aromatic N) is 5. The van der Waals surface area contributed by atoms with Crippen molar-refractivity contribution in [2.24, 2.45) is 5.92 Å². The van der Waals surface area contributed by atoms with Crippen LogP contribution in [0.4, 0.5) is 5.82 Å². The Morgan fingerprint density at radius 3 is 2.67 bits per heavy atom. The third-order valence-corrected chi connectivity index (χ3v) is 4.33. The average molecular weight is 328 g/mol. The number of hydrogen-bond acceptors (Lipinski definition) is 5. The van der Waals surface area contributed by atoms with Crippen molar-refractivity contribution in [1.82, 2.24) is 25.3 Å². The normalized spacial score (nSPS) is 17.8. The molecule has 0 saturated carbocycles. The molecule has 2 aromatic heterocycles. The molecule has 0 spiro atoms. The first-order chi connectivity index (χ1) is 11.6. The van der Waals surface area contributed by atoms with Crippen molar-refractivity contribution in [1.29, 1.82) is 0 Å². The maximum Gasteiger partial charge on any atom is 0.224 e. The minimum atomic E-state index is 0.0242. The van der Waals surface area contributed by atoms with Crippen LogP contribution in [0.2, 0.25) is 0 Å². The van der Waals surface area contributed by atoms with E-state index in [1.54, 1.807) is 4.68 Å². The first kappa shape index (κ1) is 16.4. The van der Waals surface area contributed by atoms with E-state index in [2.05, 4.69) is 25.5 Å². The van der Waals surface area contributed by atoms with Crippen LogP contribution in [0.5, 0.6) is 0 Å². The summed E-state index contributed by atoms with van der Waals surface area (Å²) in [5.41, 5.74) is 1.99. The van der Waals surface area contributed by atoms with Gasteiger partial charge in [-0.15, -0.1) is 10.2 Å². The molecule has 1 aliphatic heterocycles. The summed E-state index contributed by atoms with van der Waals surface area (Å²) in [5, 5.41) is 16.0. The molecule has 1 aliphatic rings. The Kier molecular flexibility index (Phi) is 4.78. The molecule has 2 aromatic rings. The smallest absolute Gasteiger partial charge is 0.224 e. The number of anilines is 1. The van der Waals surface area contributed by atoms with E-state index < -0.39 is 0 Å². The molecular formula is C17H24N6O. The zero-order valence-corrected chi connectivity index (χ0v) is 14.5. The van der Waals surface area contributed by atoms with E-state index in [0.29, 0.717) is 18.9 Å². The van der Waals surface area contributed by atoms with E-state index in [9.17, 15) is 4.79 Å². The number of aryl methyl sites for hydroxylation is 2. The van der Waals surface area contributed by atoms with Gasteiger partial charge < -0.3 is 10.2 Å². The summed E-state index contributed by atoms with van der Waals surface area (Å²) in [5.74, 6) is 1.68. The standard InChI is InChI=1S/C17H24N6O/c1-4-18-17(24)14-6-5-9-22(11-14)15-7-8-16(20-19-15)23-13(3)10-12(2)21-23/h7-8,10,14H,4-6,9,11H2,1-3H3,(H,18,24)/t14-/m0/s1. The highest BCUT2D eigenvalue weighted by Gasteiger charge is 2.26. The Hall–Kier alpha value is -2.44. The highest BCUT2D eigenvalue weighted by molar-refractivity contribution is 5.79. The van der Waals surface area contributed by atoms with Crippen molar-refractivity contribution in [3.05, 3.63) is 29.6 Å². The number of carbonyl (C=O) groups is 1. The van der Waals surface area contributed by atoms with Gasteiger partial charge in [0.1, 0.15) is 0 Å². The van der Waals surface area contributed by atoms with Gasteiger partial charge in [0.25, 0.3) is 0 Å². The van der Waals surface area contributed by atoms with Crippen LogP contribution in [0.3, 0.4) is 0 Å². The van der Waals surface area contributed by atoms with Crippen molar-refractivity contribution in [2.75, 3.05) is 24.5 Å². The maximum absolute atomic E-state index is 12.1. The topological polar surface area (TPSA) is 75.9 Å². The summed E-state index contributed by atoms with van der Waals surface area (Å²) in [4.78, 5) is 14.2. The van der Waals surface area contributed by atoms with Crippen LogP contribution in [0.1, 0.15) is 31.2 Å². The quantitative estimate of drug-likeness (QED) is 0.923. The van der Waals surface area contributed by atoms with Crippen molar-refractivity contribution >= 4 is 11.7 Å². The fourth-order valence-electron chi connectivity index (χ4n) is 3.18. The molecule has 1 amide bonds. The molecule has 3 rings (SSSR count). The highest BCUT2D eigenvalue weighted by atomic mass is 16.1. The minimum absolute atomic E-state index is 0.0242. The summed E-state index contributed by atoms with van der Waals surface area (Å²) in [6, 6.07) is 5.90. The molecule has 7 nitrogen and oxygen atoms in total. The van der Waals surface area contributed by atoms with Gasteiger partial charge in [0, 0.05) is 25.3 Å². The van der Waals surface area contributed by atoms with Gasteiger partial charge in [0.2, 0.25) is 5.91 Å². The van der Waals surface area contributed by atoms with E-state index in [4.69, 9.17) is 0 Å². The van der Waals surface area contributed by atoms with Crippen LogP contribution < -0.4 is 10.2 Å². The SMILES string of the molecule is CCNC(=O)[C@H]1CCCN(c2ccc(-n3nc(C)cc3C)nn2)C1. The Morgan fingerprint density at radius 1 is 1.29 bits per heavy atom. The molecule has 1 saturated heterocycles. The van der Waals surface area contributed by atoms with Gasteiger partial charge >= 0.3 is 0 Å². The Bertz CT molecular complexity index is 708. The zero-order chi connectivity index (χ0) is 17.1. The maximum atomic E-state index is 12.1. The van der Waals surface area contributed by atoms with Crippen LogP contribution in [-0.4, -0.2) is 45.5 Å². The fourth-order valence-corrected chi connectivity index (χ4v) is 3.18. The molecule has 0 aliphatic carbocycles. The molecule has 1 N–H and O–H groups in total. The molecule has 0 aromatic carbocycles. The second-order valence-electron chi connectivity index (χ2n) is 6.27. The largest absolute Gasteiger partial charge is 0.356 e. The monoisotopic (exact) mass is 328 g/mol. The van der Waals surface area contributed by atoms with Crippen LogP contribution >= 0.6 is 0 Å². The van der Waals surface area contributed by atoms with Gasteiger partial charge in [-0.25, -0.2) is 4.68 Å². The Labute approximate surface area is 142 Å².